The Morgan fingerprint density at radius 2 is 2.17 bits per heavy atom. The van der Waals surface area contributed by atoms with Gasteiger partial charge in [-0.25, -0.2) is 0 Å². The lowest BCUT2D eigenvalue weighted by Gasteiger charge is -2.50. The maximum absolute atomic E-state index is 5.63. The van der Waals surface area contributed by atoms with Crippen molar-refractivity contribution >= 4 is 0 Å². The molecule has 3 N–H and O–H groups in total. The zero-order chi connectivity index (χ0) is 12.4. The number of rotatable bonds is 4. The zero-order valence-corrected chi connectivity index (χ0v) is 10.9. The second-order valence-corrected chi connectivity index (χ2v) is 5.65. The minimum absolute atomic E-state index is 0.287. The van der Waals surface area contributed by atoms with Gasteiger partial charge in [0.15, 0.2) is 0 Å². The molecule has 2 fully saturated rings. The highest BCUT2D eigenvalue weighted by molar-refractivity contribution is 5.27. The number of piperidine rings is 1. The summed E-state index contributed by atoms with van der Waals surface area (Å²) in [6, 6.07) is 2.22. The summed E-state index contributed by atoms with van der Waals surface area (Å²) in [5, 5.41) is 0. The number of hydrogen-bond acceptors (Lipinski definition) is 3. The van der Waals surface area contributed by atoms with Gasteiger partial charge in [0, 0.05) is 30.9 Å². The lowest BCUT2D eigenvalue weighted by Crippen LogP contribution is -2.55. The van der Waals surface area contributed by atoms with Crippen LogP contribution in [-0.4, -0.2) is 49.3 Å². The molecule has 0 bridgehead atoms. The second-order valence-electron chi connectivity index (χ2n) is 5.65. The third-order valence-electron chi connectivity index (χ3n) is 4.71. The van der Waals surface area contributed by atoms with Crippen LogP contribution in [0.1, 0.15) is 18.4 Å². The molecule has 0 spiro atoms. The highest BCUT2D eigenvalue weighted by atomic mass is 16.5. The van der Waals surface area contributed by atoms with E-state index in [1.807, 2.05) is 6.20 Å². The van der Waals surface area contributed by atoms with Crippen LogP contribution in [0, 0.1) is 5.92 Å². The maximum atomic E-state index is 5.63. The molecule has 2 aliphatic heterocycles. The van der Waals surface area contributed by atoms with E-state index in [2.05, 4.69) is 22.1 Å². The van der Waals surface area contributed by atoms with Gasteiger partial charge in [0.2, 0.25) is 0 Å². The number of aromatic amines is 1. The summed E-state index contributed by atoms with van der Waals surface area (Å²) in [5.41, 5.74) is 7.35. The average molecular weight is 249 g/mol. The van der Waals surface area contributed by atoms with Crippen molar-refractivity contribution < 1.29 is 4.74 Å². The molecule has 4 nitrogen and oxygen atoms in total. The van der Waals surface area contributed by atoms with Gasteiger partial charge in [0.25, 0.3) is 0 Å². The van der Waals surface area contributed by atoms with E-state index in [1.54, 1.807) is 0 Å². The van der Waals surface area contributed by atoms with E-state index < -0.39 is 0 Å². The van der Waals surface area contributed by atoms with E-state index in [4.69, 9.17) is 10.5 Å². The molecule has 0 aromatic carbocycles. The summed E-state index contributed by atoms with van der Waals surface area (Å²) in [6.45, 7) is 5.98. The molecule has 2 aliphatic rings. The Balaban J connectivity index is 1.68. The van der Waals surface area contributed by atoms with E-state index in [9.17, 15) is 0 Å². The molecule has 1 aromatic heterocycles. The summed E-state index contributed by atoms with van der Waals surface area (Å²) < 4.78 is 5.54. The van der Waals surface area contributed by atoms with Gasteiger partial charge in [-0.1, -0.05) is 0 Å². The van der Waals surface area contributed by atoms with Crippen LogP contribution in [-0.2, 0) is 10.2 Å². The van der Waals surface area contributed by atoms with Crippen molar-refractivity contribution in [1.82, 2.24) is 9.88 Å². The second kappa shape index (κ2) is 5.03. The number of ether oxygens (including phenoxy) is 1. The Labute approximate surface area is 108 Å². The van der Waals surface area contributed by atoms with Crippen molar-refractivity contribution in [3.63, 3.8) is 0 Å². The molecule has 0 aliphatic carbocycles. The molecular formula is C14H23N3O. The number of nitrogens with zero attached hydrogens (tertiary/aromatic N) is 1. The SMILES string of the molecule is NCCN1CCC(C2(c3cc[nH]c3)COC2)CC1. The van der Waals surface area contributed by atoms with Crippen molar-refractivity contribution in [2.45, 2.75) is 18.3 Å². The summed E-state index contributed by atoms with van der Waals surface area (Å²) in [6.07, 6.45) is 6.72. The number of H-pyrrole nitrogens is 1. The molecule has 4 heteroatoms. The summed E-state index contributed by atoms with van der Waals surface area (Å²) >= 11 is 0. The largest absolute Gasteiger partial charge is 0.379 e. The third-order valence-corrected chi connectivity index (χ3v) is 4.71. The first-order chi connectivity index (χ1) is 8.85. The summed E-state index contributed by atoms with van der Waals surface area (Å²) in [5.74, 6) is 0.760. The first-order valence-electron chi connectivity index (χ1n) is 6.98. The normalized spacial score (nSPS) is 24.9. The molecular weight excluding hydrogens is 226 g/mol. The first kappa shape index (κ1) is 12.2. The van der Waals surface area contributed by atoms with Gasteiger partial charge in [-0.3, -0.25) is 0 Å². The number of likely N-dealkylation sites (tertiary alicyclic amines) is 1. The Morgan fingerprint density at radius 1 is 1.39 bits per heavy atom. The predicted molar refractivity (Wildman–Crippen MR) is 71.5 cm³/mol. The van der Waals surface area contributed by atoms with Crippen molar-refractivity contribution in [3.05, 3.63) is 24.0 Å². The standard InChI is InChI=1S/C14H23N3O/c15-4-8-17-6-2-12(3-7-17)14(10-18-11-14)13-1-5-16-9-13/h1,5,9,12,16H,2-4,6-8,10-11,15H2. The van der Waals surface area contributed by atoms with E-state index in [0.717, 1.165) is 32.2 Å². The highest BCUT2D eigenvalue weighted by Crippen LogP contribution is 2.43. The molecule has 1 aromatic rings. The van der Waals surface area contributed by atoms with Gasteiger partial charge in [-0.05, 0) is 43.5 Å². The van der Waals surface area contributed by atoms with Crippen LogP contribution in [0.3, 0.4) is 0 Å². The van der Waals surface area contributed by atoms with Gasteiger partial charge in [-0.15, -0.1) is 0 Å². The monoisotopic (exact) mass is 249 g/mol. The zero-order valence-electron chi connectivity index (χ0n) is 10.9. The van der Waals surface area contributed by atoms with Crippen LogP contribution in [0.25, 0.3) is 0 Å². The molecule has 100 valence electrons. The maximum Gasteiger partial charge on any atom is 0.0588 e. The topological polar surface area (TPSA) is 54.3 Å². The minimum atomic E-state index is 0.287. The highest BCUT2D eigenvalue weighted by Gasteiger charge is 2.47. The average Bonchev–Trinajstić information content (AvgIpc) is 2.84. The number of aromatic nitrogens is 1. The molecule has 18 heavy (non-hydrogen) atoms. The van der Waals surface area contributed by atoms with Crippen LogP contribution in [0.15, 0.2) is 18.5 Å². The Hall–Kier alpha value is -0.840. The smallest absolute Gasteiger partial charge is 0.0588 e. The number of nitrogens with two attached hydrogens (primary N) is 1. The van der Waals surface area contributed by atoms with Gasteiger partial charge in [-0.2, -0.15) is 0 Å². The predicted octanol–water partition coefficient (Wildman–Crippen LogP) is 0.953. The van der Waals surface area contributed by atoms with Crippen LogP contribution in [0.2, 0.25) is 0 Å². The van der Waals surface area contributed by atoms with E-state index in [0.29, 0.717) is 0 Å². The Bertz CT molecular complexity index is 364. The first-order valence-corrected chi connectivity index (χ1v) is 6.98. The third kappa shape index (κ3) is 1.98. The van der Waals surface area contributed by atoms with Crippen LogP contribution in [0.4, 0.5) is 0 Å². The fraction of sp³-hybridized carbons (Fsp3) is 0.714. The van der Waals surface area contributed by atoms with E-state index in [-0.39, 0.29) is 5.41 Å². The van der Waals surface area contributed by atoms with Crippen molar-refractivity contribution in [2.75, 3.05) is 39.4 Å². The lowest BCUT2D eigenvalue weighted by molar-refractivity contribution is -0.102. The molecule has 3 rings (SSSR count). The fourth-order valence-electron chi connectivity index (χ4n) is 3.49. The molecule has 0 amide bonds. The molecule has 0 atom stereocenters. The Morgan fingerprint density at radius 3 is 2.67 bits per heavy atom. The van der Waals surface area contributed by atoms with E-state index in [1.165, 1.54) is 31.5 Å². The van der Waals surface area contributed by atoms with Gasteiger partial charge in [0.1, 0.15) is 0 Å². The van der Waals surface area contributed by atoms with Gasteiger partial charge < -0.3 is 20.4 Å². The summed E-state index contributed by atoms with van der Waals surface area (Å²) in [4.78, 5) is 5.68. The fourth-order valence-corrected chi connectivity index (χ4v) is 3.49. The Kier molecular flexibility index (Phi) is 3.41. The lowest BCUT2D eigenvalue weighted by atomic mass is 9.66. The van der Waals surface area contributed by atoms with Crippen molar-refractivity contribution in [1.29, 1.82) is 0 Å². The number of nitrogens with one attached hydrogen (secondary N) is 1. The van der Waals surface area contributed by atoms with Crippen LogP contribution < -0.4 is 5.73 Å². The van der Waals surface area contributed by atoms with Crippen LogP contribution in [0.5, 0.6) is 0 Å². The molecule has 3 heterocycles. The van der Waals surface area contributed by atoms with Gasteiger partial charge >= 0.3 is 0 Å². The van der Waals surface area contributed by atoms with Gasteiger partial charge in [0.05, 0.1) is 13.2 Å². The summed E-state index contributed by atoms with van der Waals surface area (Å²) in [7, 11) is 0. The van der Waals surface area contributed by atoms with Crippen molar-refractivity contribution in [2.24, 2.45) is 11.7 Å². The molecule has 0 saturated carbocycles. The van der Waals surface area contributed by atoms with E-state index >= 15 is 0 Å². The van der Waals surface area contributed by atoms with Crippen LogP contribution >= 0.6 is 0 Å². The molecule has 0 radical (unpaired) electrons. The minimum Gasteiger partial charge on any atom is -0.379 e. The molecule has 2 saturated heterocycles. The molecule has 0 unspecified atom stereocenters. The van der Waals surface area contributed by atoms with Crippen molar-refractivity contribution in [3.8, 4) is 0 Å². The number of hydrogen-bond donors (Lipinski definition) is 2. The quantitative estimate of drug-likeness (QED) is 0.835.